The molecule has 0 N–H and O–H groups in total. The molecular formula is C19H23N3O4S. The molecule has 0 aromatic carbocycles. The molecule has 2 aromatic heterocycles. The van der Waals surface area contributed by atoms with Crippen LogP contribution in [0.15, 0.2) is 34.9 Å². The fourth-order valence-electron chi connectivity index (χ4n) is 3.03. The number of methoxy groups -OCH3 is 1. The van der Waals surface area contributed by atoms with E-state index in [9.17, 15) is 9.59 Å². The zero-order valence-corrected chi connectivity index (χ0v) is 16.3. The van der Waals surface area contributed by atoms with Crippen molar-refractivity contribution in [2.45, 2.75) is 12.2 Å². The Morgan fingerprint density at radius 2 is 1.89 bits per heavy atom. The van der Waals surface area contributed by atoms with E-state index in [0.717, 1.165) is 17.9 Å². The number of carbonyl (C=O) groups is 2. The number of amides is 2. The summed E-state index contributed by atoms with van der Waals surface area (Å²) in [7, 11) is 1.52. The average molecular weight is 389 g/mol. The van der Waals surface area contributed by atoms with Crippen molar-refractivity contribution in [3.63, 3.8) is 0 Å². The largest absolute Gasteiger partial charge is 0.481 e. The summed E-state index contributed by atoms with van der Waals surface area (Å²) in [5.74, 6) is 2.10. The van der Waals surface area contributed by atoms with Crippen LogP contribution >= 0.6 is 11.8 Å². The second-order valence-electron chi connectivity index (χ2n) is 6.22. The quantitative estimate of drug-likeness (QED) is 0.782. The van der Waals surface area contributed by atoms with Crippen molar-refractivity contribution >= 4 is 23.6 Å². The standard InChI is InChI=1S/C19H23N3O4S/c1-25-17-12-14(6-7-20-17)18(23)21-8-3-9-22(11-10-21)19(24)16-5-4-15(26-16)13-27-2/h4-7,12H,3,8-11,13H2,1-2H3. The van der Waals surface area contributed by atoms with Crippen LogP contribution in [0.4, 0.5) is 0 Å². The van der Waals surface area contributed by atoms with Gasteiger partial charge in [0.1, 0.15) is 5.76 Å². The summed E-state index contributed by atoms with van der Waals surface area (Å²) in [5.41, 5.74) is 0.536. The highest BCUT2D eigenvalue weighted by molar-refractivity contribution is 7.97. The number of hydrogen-bond donors (Lipinski definition) is 0. The van der Waals surface area contributed by atoms with Crippen molar-refractivity contribution in [2.24, 2.45) is 0 Å². The molecule has 7 nitrogen and oxygen atoms in total. The maximum atomic E-state index is 12.8. The zero-order chi connectivity index (χ0) is 19.2. The Bertz CT molecular complexity index is 808. The van der Waals surface area contributed by atoms with E-state index in [2.05, 4.69) is 4.98 Å². The molecule has 0 aliphatic carbocycles. The molecule has 1 aliphatic rings. The Kier molecular flexibility index (Phi) is 6.39. The predicted molar refractivity (Wildman–Crippen MR) is 103 cm³/mol. The van der Waals surface area contributed by atoms with Gasteiger partial charge >= 0.3 is 0 Å². The Morgan fingerprint density at radius 1 is 1.15 bits per heavy atom. The third kappa shape index (κ3) is 4.63. The molecule has 8 heteroatoms. The summed E-state index contributed by atoms with van der Waals surface area (Å²) in [6.45, 7) is 2.16. The van der Waals surface area contributed by atoms with Crippen molar-refractivity contribution in [2.75, 3.05) is 39.5 Å². The first kappa shape index (κ1) is 19.3. The van der Waals surface area contributed by atoms with Crippen LogP contribution in [0.2, 0.25) is 0 Å². The van der Waals surface area contributed by atoms with E-state index in [4.69, 9.17) is 9.15 Å². The second kappa shape index (κ2) is 8.94. The summed E-state index contributed by atoms with van der Waals surface area (Å²) in [5, 5.41) is 0. The third-order valence-electron chi connectivity index (χ3n) is 4.42. The van der Waals surface area contributed by atoms with E-state index in [-0.39, 0.29) is 11.8 Å². The first-order chi connectivity index (χ1) is 13.1. The fourth-order valence-corrected chi connectivity index (χ4v) is 3.47. The summed E-state index contributed by atoms with van der Waals surface area (Å²) in [6, 6.07) is 6.88. The maximum Gasteiger partial charge on any atom is 0.289 e. The first-order valence-electron chi connectivity index (χ1n) is 8.78. The van der Waals surface area contributed by atoms with Crippen LogP contribution in [0, 0.1) is 0 Å². The molecule has 2 aromatic rings. The average Bonchev–Trinajstić information content (AvgIpc) is 3.02. The number of pyridine rings is 1. The van der Waals surface area contributed by atoms with Crippen LogP contribution in [-0.4, -0.2) is 66.1 Å². The topological polar surface area (TPSA) is 75.9 Å². The minimum absolute atomic E-state index is 0.0785. The van der Waals surface area contributed by atoms with Gasteiger partial charge in [-0.05, 0) is 30.9 Å². The van der Waals surface area contributed by atoms with Crippen LogP contribution < -0.4 is 4.74 Å². The van der Waals surface area contributed by atoms with Crippen molar-refractivity contribution in [3.05, 3.63) is 47.5 Å². The number of ether oxygens (including phenoxy) is 1. The van der Waals surface area contributed by atoms with Crippen molar-refractivity contribution in [3.8, 4) is 5.88 Å². The molecule has 1 fully saturated rings. The lowest BCUT2D eigenvalue weighted by atomic mass is 10.2. The van der Waals surface area contributed by atoms with Crippen LogP contribution in [0.25, 0.3) is 0 Å². The van der Waals surface area contributed by atoms with Gasteiger partial charge in [-0.3, -0.25) is 9.59 Å². The van der Waals surface area contributed by atoms with Gasteiger partial charge in [-0.25, -0.2) is 4.98 Å². The van der Waals surface area contributed by atoms with E-state index >= 15 is 0 Å². The van der Waals surface area contributed by atoms with Crippen molar-refractivity contribution in [1.29, 1.82) is 0 Å². The molecule has 1 aliphatic heterocycles. The number of aromatic nitrogens is 1. The zero-order valence-electron chi connectivity index (χ0n) is 15.5. The molecule has 0 spiro atoms. The number of carbonyl (C=O) groups excluding carboxylic acids is 2. The highest BCUT2D eigenvalue weighted by atomic mass is 32.2. The van der Waals surface area contributed by atoms with Crippen LogP contribution in [0.5, 0.6) is 5.88 Å². The summed E-state index contributed by atoms with van der Waals surface area (Å²) in [6.07, 6.45) is 4.27. The molecule has 2 amide bonds. The minimum atomic E-state index is -0.123. The Labute approximate surface area is 162 Å². The Balaban J connectivity index is 1.64. The molecule has 0 saturated carbocycles. The molecule has 0 bridgehead atoms. The first-order valence-corrected chi connectivity index (χ1v) is 10.2. The molecule has 3 rings (SSSR count). The molecule has 0 unspecified atom stereocenters. The van der Waals surface area contributed by atoms with Gasteiger partial charge in [0.25, 0.3) is 11.8 Å². The van der Waals surface area contributed by atoms with Gasteiger partial charge in [0.15, 0.2) is 5.76 Å². The summed E-state index contributed by atoms with van der Waals surface area (Å²) >= 11 is 1.65. The number of rotatable bonds is 5. The summed E-state index contributed by atoms with van der Waals surface area (Å²) < 4.78 is 10.7. The van der Waals surface area contributed by atoms with Gasteiger partial charge in [-0.1, -0.05) is 0 Å². The summed E-state index contributed by atoms with van der Waals surface area (Å²) in [4.78, 5) is 33.0. The van der Waals surface area contributed by atoms with Crippen molar-refractivity contribution in [1.82, 2.24) is 14.8 Å². The van der Waals surface area contributed by atoms with Crippen molar-refractivity contribution < 1.29 is 18.7 Å². The lowest BCUT2D eigenvalue weighted by Gasteiger charge is -2.21. The van der Waals surface area contributed by atoms with E-state index < -0.39 is 0 Å². The highest BCUT2D eigenvalue weighted by Gasteiger charge is 2.25. The van der Waals surface area contributed by atoms with Gasteiger partial charge in [-0.2, -0.15) is 11.8 Å². The van der Waals surface area contributed by atoms with Crippen LogP contribution in [-0.2, 0) is 5.75 Å². The number of thioether (sulfide) groups is 1. The maximum absolute atomic E-state index is 12.8. The second-order valence-corrected chi connectivity index (χ2v) is 7.09. The van der Waals surface area contributed by atoms with Gasteiger partial charge < -0.3 is 19.0 Å². The lowest BCUT2D eigenvalue weighted by molar-refractivity contribution is 0.0699. The van der Waals surface area contributed by atoms with Crippen LogP contribution in [0.1, 0.15) is 33.1 Å². The van der Waals surface area contributed by atoms with E-state index in [1.54, 1.807) is 46.0 Å². The molecule has 1 saturated heterocycles. The van der Waals surface area contributed by atoms with Gasteiger partial charge in [0.2, 0.25) is 5.88 Å². The highest BCUT2D eigenvalue weighted by Crippen LogP contribution is 2.17. The van der Waals surface area contributed by atoms with Gasteiger partial charge in [-0.15, -0.1) is 0 Å². The molecular weight excluding hydrogens is 366 g/mol. The smallest absolute Gasteiger partial charge is 0.289 e. The number of hydrogen-bond acceptors (Lipinski definition) is 6. The monoisotopic (exact) mass is 389 g/mol. The molecule has 0 atom stereocenters. The molecule has 144 valence electrons. The Hall–Kier alpha value is -2.48. The Morgan fingerprint density at radius 3 is 2.59 bits per heavy atom. The minimum Gasteiger partial charge on any atom is -0.481 e. The fraction of sp³-hybridized carbons (Fsp3) is 0.421. The molecule has 3 heterocycles. The van der Waals surface area contributed by atoms with E-state index in [0.29, 0.717) is 43.4 Å². The van der Waals surface area contributed by atoms with Gasteiger partial charge in [0, 0.05) is 44.0 Å². The SMILES string of the molecule is COc1cc(C(=O)N2CCCN(C(=O)c3ccc(CSC)o3)CC2)ccn1. The predicted octanol–water partition coefficient (Wildman–Crippen LogP) is 2.53. The van der Waals surface area contributed by atoms with Gasteiger partial charge in [0.05, 0.1) is 12.9 Å². The lowest BCUT2D eigenvalue weighted by Crippen LogP contribution is -2.37. The van der Waals surface area contributed by atoms with Crippen LogP contribution in [0.3, 0.4) is 0 Å². The number of furan rings is 1. The molecule has 27 heavy (non-hydrogen) atoms. The van der Waals surface area contributed by atoms with E-state index in [1.807, 2.05) is 12.3 Å². The third-order valence-corrected chi connectivity index (χ3v) is 4.99. The number of nitrogens with zero attached hydrogens (tertiary/aromatic N) is 3. The van der Waals surface area contributed by atoms with E-state index in [1.165, 1.54) is 7.11 Å². The molecule has 0 radical (unpaired) electrons. The normalized spacial score (nSPS) is 14.7.